The van der Waals surface area contributed by atoms with E-state index >= 15 is 0 Å². The lowest BCUT2D eigenvalue weighted by atomic mass is 10.1. The summed E-state index contributed by atoms with van der Waals surface area (Å²) in [7, 11) is 0. The fraction of sp³-hybridized carbons (Fsp3) is 0.125. The van der Waals surface area contributed by atoms with Gasteiger partial charge in [0.1, 0.15) is 0 Å². The number of halogens is 1. The molecule has 0 unspecified atom stereocenters. The molecular formula is C16H15BrN2. The van der Waals surface area contributed by atoms with Crippen molar-refractivity contribution in [3.05, 3.63) is 64.8 Å². The van der Waals surface area contributed by atoms with Crippen molar-refractivity contribution >= 4 is 32.5 Å². The molecule has 3 aromatic rings. The maximum absolute atomic E-state index is 5.98. The zero-order valence-electron chi connectivity index (χ0n) is 10.5. The van der Waals surface area contributed by atoms with Crippen LogP contribution in [0.2, 0.25) is 0 Å². The first-order valence-corrected chi connectivity index (χ1v) is 7.11. The molecule has 0 radical (unpaired) electrons. The summed E-state index contributed by atoms with van der Waals surface area (Å²) in [5.41, 5.74) is 9.33. The number of rotatable bonds is 3. The van der Waals surface area contributed by atoms with Crippen LogP contribution in [0.5, 0.6) is 0 Å². The Morgan fingerprint density at radius 2 is 1.89 bits per heavy atom. The summed E-state index contributed by atoms with van der Waals surface area (Å²) in [6.45, 7) is 0.944. The fourth-order valence-corrected chi connectivity index (χ4v) is 2.75. The van der Waals surface area contributed by atoms with Gasteiger partial charge >= 0.3 is 0 Å². The van der Waals surface area contributed by atoms with E-state index in [0.717, 1.165) is 23.1 Å². The van der Waals surface area contributed by atoms with Crippen LogP contribution in [-0.2, 0) is 13.0 Å². The van der Waals surface area contributed by atoms with E-state index in [4.69, 9.17) is 5.73 Å². The Bertz CT molecular complexity index is 716. The van der Waals surface area contributed by atoms with Gasteiger partial charge in [-0.25, -0.2) is 0 Å². The number of nitrogens with two attached hydrogens (primary N) is 1. The molecule has 0 fully saturated rings. The summed E-state index contributed by atoms with van der Waals surface area (Å²) >= 11 is 3.50. The van der Waals surface area contributed by atoms with Crippen LogP contribution in [-0.4, -0.2) is 4.57 Å². The van der Waals surface area contributed by atoms with Crippen molar-refractivity contribution in [1.29, 1.82) is 0 Å². The fourth-order valence-electron chi connectivity index (χ4n) is 2.37. The molecule has 1 aromatic heterocycles. The highest BCUT2D eigenvalue weighted by molar-refractivity contribution is 9.10. The molecule has 0 aliphatic carbocycles. The van der Waals surface area contributed by atoms with E-state index in [9.17, 15) is 0 Å². The second-order valence-electron chi connectivity index (χ2n) is 4.66. The van der Waals surface area contributed by atoms with Gasteiger partial charge in [0.2, 0.25) is 0 Å². The van der Waals surface area contributed by atoms with Crippen LogP contribution in [0.4, 0.5) is 5.69 Å². The van der Waals surface area contributed by atoms with Crippen molar-refractivity contribution in [3.63, 3.8) is 0 Å². The van der Waals surface area contributed by atoms with Gasteiger partial charge in [-0.2, -0.15) is 0 Å². The van der Waals surface area contributed by atoms with Crippen LogP contribution in [0, 0.1) is 0 Å². The number of anilines is 1. The average Bonchev–Trinajstić information content (AvgIpc) is 2.80. The molecule has 0 aliphatic heterocycles. The summed E-state index contributed by atoms with van der Waals surface area (Å²) in [6, 6.07) is 16.6. The van der Waals surface area contributed by atoms with Gasteiger partial charge in [-0.3, -0.25) is 0 Å². The normalized spacial score (nSPS) is 11.0. The maximum Gasteiger partial charge on any atom is 0.0481 e. The number of nitrogens with zero attached hydrogens (tertiary/aromatic N) is 1. The van der Waals surface area contributed by atoms with Gasteiger partial charge in [0.25, 0.3) is 0 Å². The second-order valence-corrected chi connectivity index (χ2v) is 5.58. The van der Waals surface area contributed by atoms with Crippen molar-refractivity contribution in [3.8, 4) is 0 Å². The molecule has 0 saturated heterocycles. The van der Waals surface area contributed by atoms with Crippen molar-refractivity contribution in [2.24, 2.45) is 0 Å². The van der Waals surface area contributed by atoms with Crippen LogP contribution in [0.3, 0.4) is 0 Å². The minimum absolute atomic E-state index is 0.877. The highest BCUT2D eigenvalue weighted by atomic mass is 79.9. The molecule has 3 heteroatoms. The van der Waals surface area contributed by atoms with Crippen molar-refractivity contribution < 1.29 is 0 Å². The molecule has 0 saturated carbocycles. The van der Waals surface area contributed by atoms with Crippen LogP contribution in [0.1, 0.15) is 5.56 Å². The molecule has 3 rings (SSSR count). The summed E-state index contributed by atoms with van der Waals surface area (Å²) in [5.74, 6) is 0. The van der Waals surface area contributed by atoms with Gasteiger partial charge in [-0.05, 0) is 42.3 Å². The number of fused-ring (bicyclic) bond motifs is 1. The first-order valence-electron chi connectivity index (χ1n) is 6.32. The summed E-state index contributed by atoms with van der Waals surface area (Å²) in [5, 5.41) is 1.26. The molecule has 0 aliphatic rings. The number of hydrogen-bond acceptors (Lipinski definition) is 1. The molecule has 2 nitrogen and oxygen atoms in total. The quantitative estimate of drug-likeness (QED) is 0.721. The largest absolute Gasteiger partial charge is 0.399 e. The highest BCUT2D eigenvalue weighted by Gasteiger charge is 2.03. The summed E-state index contributed by atoms with van der Waals surface area (Å²) in [6.07, 6.45) is 3.09. The third kappa shape index (κ3) is 2.51. The van der Waals surface area contributed by atoms with E-state index < -0.39 is 0 Å². The van der Waals surface area contributed by atoms with E-state index in [0.29, 0.717) is 0 Å². The van der Waals surface area contributed by atoms with Crippen molar-refractivity contribution in [2.45, 2.75) is 13.0 Å². The van der Waals surface area contributed by atoms with Gasteiger partial charge in [-0.1, -0.05) is 34.1 Å². The van der Waals surface area contributed by atoms with E-state index in [-0.39, 0.29) is 0 Å². The Hall–Kier alpha value is -1.74. The predicted molar refractivity (Wildman–Crippen MR) is 84.2 cm³/mol. The third-order valence-electron chi connectivity index (χ3n) is 3.41. The van der Waals surface area contributed by atoms with E-state index in [1.165, 1.54) is 16.5 Å². The third-order valence-corrected chi connectivity index (χ3v) is 3.90. The molecule has 0 atom stereocenters. The minimum Gasteiger partial charge on any atom is -0.399 e. The van der Waals surface area contributed by atoms with E-state index in [2.05, 4.69) is 57.0 Å². The Balaban J connectivity index is 1.84. The Labute approximate surface area is 121 Å². The van der Waals surface area contributed by atoms with Crippen molar-refractivity contribution in [1.82, 2.24) is 4.57 Å². The predicted octanol–water partition coefficient (Wildman–Crippen LogP) is 4.23. The standard InChI is InChI=1S/C16H15BrN2/c17-14-5-6-16-13(11-14)8-10-19(16)9-7-12-3-1-2-4-15(12)18/h1-6,8,10-11H,7,9,18H2. The molecule has 2 N–H and O–H groups in total. The van der Waals surface area contributed by atoms with Crippen LogP contribution < -0.4 is 5.73 Å². The second kappa shape index (κ2) is 5.10. The van der Waals surface area contributed by atoms with Crippen LogP contribution in [0.15, 0.2) is 59.2 Å². The molecular weight excluding hydrogens is 300 g/mol. The molecule has 0 amide bonds. The first-order chi connectivity index (χ1) is 9.24. The molecule has 96 valence electrons. The van der Waals surface area contributed by atoms with Crippen LogP contribution >= 0.6 is 15.9 Å². The number of benzene rings is 2. The minimum atomic E-state index is 0.877. The molecule has 0 spiro atoms. The molecule has 1 heterocycles. The van der Waals surface area contributed by atoms with E-state index in [1.807, 2.05) is 18.2 Å². The Morgan fingerprint density at radius 1 is 1.05 bits per heavy atom. The first kappa shape index (κ1) is 12.3. The summed E-state index contributed by atoms with van der Waals surface area (Å²) in [4.78, 5) is 0. The topological polar surface area (TPSA) is 30.9 Å². The van der Waals surface area contributed by atoms with Gasteiger partial charge in [0.15, 0.2) is 0 Å². The number of nitrogen functional groups attached to an aromatic ring is 1. The maximum atomic E-state index is 5.98. The van der Waals surface area contributed by atoms with Crippen LogP contribution in [0.25, 0.3) is 10.9 Å². The lowest BCUT2D eigenvalue weighted by molar-refractivity contribution is 0.724. The molecule has 0 bridgehead atoms. The number of aryl methyl sites for hydroxylation is 2. The van der Waals surface area contributed by atoms with E-state index in [1.54, 1.807) is 0 Å². The smallest absolute Gasteiger partial charge is 0.0481 e. The molecule has 2 aromatic carbocycles. The SMILES string of the molecule is Nc1ccccc1CCn1ccc2cc(Br)ccc21. The Morgan fingerprint density at radius 3 is 2.74 bits per heavy atom. The zero-order chi connectivity index (χ0) is 13.2. The molecule has 19 heavy (non-hydrogen) atoms. The zero-order valence-corrected chi connectivity index (χ0v) is 12.1. The monoisotopic (exact) mass is 314 g/mol. The van der Waals surface area contributed by atoms with Gasteiger partial charge in [0.05, 0.1) is 0 Å². The highest BCUT2D eigenvalue weighted by Crippen LogP contribution is 2.21. The summed E-state index contributed by atoms with van der Waals surface area (Å²) < 4.78 is 3.39. The van der Waals surface area contributed by atoms with Gasteiger partial charge < -0.3 is 10.3 Å². The Kier molecular flexibility index (Phi) is 3.30. The lowest BCUT2D eigenvalue weighted by Crippen LogP contribution is -2.02. The van der Waals surface area contributed by atoms with Crippen molar-refractivity contribution in [2.75, 3.05) is 5.73 Å². The number of aromatic nitrogens is 1. The number of hydrogen-bond donors (Lipinski definition) is 1. The van der Waals surface area contributed by atoms with Gasteiger partial charge in [-0.15, -0.1) is 0 Å². The average molecular weight is 315 g/mol. The lowest BCUT2D eigenvalue weighted by Gasteiger charge is -2.08. The number of para-hydroxylation sites is 1. The van der Waals surface area contributed by atoms with Gasteiger partial charge in [0, 0.05) is 33.8 Å².